The van der Waals surface area contributed by atoms with Crippen LogP contribution in [-0.4, -0.2) is 52.0 Å². The standard InChI is InChI=1S/C28H35Cl2N5O/c1-18(2)34(19(3)4)10-11-35(27(36)32-23-14-25(29)33-26(30)15-23)24-8-9-28(16-22(28)13-24)21-7-5-6-20(12-21)17-31/h5-7,12,14-15,18-19,22,24H,8-11,13,16H2,1-4H3,(H,32,33,36)/t22?,24?,28-/m1/s1. The summed E-state index contributed by atoms with van der Waals surface area (Å²) in [5.74, 6) is 0.525. The van der Waals surface area contributed by atoms with Gasteiger partial charge in [-0.25, -0.2) is 9.78 Å². The van der Waals surface area contributed by atoms with Crippen LogP contribution in [0.1, 0.15) is 64.5 Å². The van der Waals surface area contributed by atoms with Crippen molar-refractivity contribution in [1.82, 2.24) is 14.8 Å². The Morgan fingerprint density at radius 2 is 1.86 bits per heavy atom. The number of nitrogens with zero attached hydrogens (tertiary/aromatic N) is 4. The summed E-state index contributed by atoms with van der Waals surface area (Å²) in [5, 5.41) is 12.8. The molecule has 1 heterocycles. The van der Waals surface area contributed by atoms with Crippen LogP contribution in [0.5, 0.6) is 0 Å². The van der Waals surface area contributed by atoms with Gasteiger partial charge < -0.3 is 10.2 Å². The monoisotopic (exact) mass is 527 g/mol. The lowest BCUT2D eigenvalue weighted by Gasteiger charge is -2.39. The van der Waals surface area contributed by atoms with E-state index < -0.39 is 0 Å². The number of urea groups is 1. The van der Waals surface area contributed by atoms with Gasteiger partial charge in [-0.2, -0.15) is 5.26 Å². The Labute approximate surface area is 224 Å². The number of halogens is 2. The number of fused-ring (bicyclic) bond motifs is 1. The molecule has 2 saturated carbocycles. The second kappa shape index (κ2) is 11.0. The lowest BCUT2D eigenvalue weighted by atomic mass is 9.80. The van der Waals surface area contributed by atoms with Crippen LogP contribution in [0.3, 0.4) is 0 Å². The van der Waals surface area contributed by atoms with Crippen molar-refractivity contribution >= 4 is 34.9 Å². The van der Waals surface area contributed by atoms with Gasteiger partial charge in [0.25, 0.3) is 0 Å². The molecule has 2 fully saturated rings. The minimum absolute atomic E-state index is 0.134. The van der Waals surface area contributed by atoms with Gasteiger partial charge in [-0.05, 0) is 94.5 Å². The smallest absolute Gasteiger partial charge is 0.320 e. The van der Waals surface area contributed by atoms with Crippen molar-refractivity contribution in [3.05, 3.63) is 57.8 Å². The van der Waals surface area contributed by atoms with Crippen LogP contribution >= 0.6 is 23.2 Å². The van der Waals surface area contributed by atoms with Crippen molar-refractivity contribution < 1.29 is 4.79 Å². The quantitative estimate of drug-likeness (QED) is 0.386. The molecule has 0 radical (unpaired) electrons. The number of carbonyl (C=O) groups is 1. The van der Waals surface area contributed by atoms with E-state index in [4.69, 9.17) is 23.2 Å². The molecule has 1 aromatic carbocycles. The van der Waals surface area contributed by atoms with Crippen LogP contribution in [0, 0.1) is 17.2 Å². The number of carbonyl (C=O) groups excluding carboxylic acids is 1. The fourth-order valence-electron chi connectivity index (χ4n) is 6.06. The molecule has 2 aliphatic rings. The molecular weight excluding hydrogens is 493 g/mol. The van der Waals surface area contributed by atoms with Crippen LogP contribution < -0.4 is 5.32 Å². The molecule has 2 unspecified atom stereocenters. The zero-order chi connectivity index (χ0) is 26.0. The van der Waals surface area contributed by atoms with E-state index in [0.29, 0.717) is 35.8 Å². The van der Waals surface area contributed by atoms with Gasteiger partial charge in [-0.15, -0.1) is 0 Å². The SMILES string of the molecule is CC(C)N(CCN(C(=O)Nc1cc(Cl)nc(Cl)c1)C1CC[C@]2(c3cccc(C#N)c3)CC2C1)C(C)C. The Bertz CT molecular complexity index is 1120. The van der Waals surface area contributed by atoms with Crippen molar-refractivity contribution in [3.63, 3.8) is 0 Å². The van der Waals surface area contributed by atoms with Crippen LogP contribution in [0.2, 0.25) is 10.3 Å². The number of hydrogen-bond donors (Lipinski definition) is 1. The van der Waals surface area contributed by atoms with Crippen molar-refractivity contribution in [2.24, 2.45) is 5.92 Å². The first kappa shape index (κ1) is 26.7. The van der Waals surface area contributed by atoms with Gasteiger partial charge in [-0.3, -0.25) is 4.90 Å². The highest BCUT2D eigenvalue weighted by atomic mass is 35.5. The van der Waals surface area contributed by atoms with E-state index in [9.17, 15) is 10.1 Å². The predicted octanol–water partition coefficient (Wildman–Crippen LogP) is 6.72. The molecule has 1 N–H and O–H groups in total. The van der Waals surface area contributed by atoms with Gasteiger partial charge in [0.15, 0.2) is 0 Å². The van der Waals surface area contributed by atoms with E-state index >= 15 is 0 Å². The average molecular weight is 529 g/mol. The molecule has 0 spiro atoms. The maximum absolute atomic E-state index is 13.6. The second-order valence-corrected chi connectivity index (χ2v) is 11.5. The number of benzene rings is 1. The molecule has 3 atom stereocenters. The van der Waals surface area contributed by atoms with E-state index in [-0.39, 0.29) is 27.8 Å². The Morgan fingerprint density at radius 1 is 1.17 bits per heavy atom. The first-order chi connectivity index (χ1) is 17.1. The van der Waals surface area contributed by atoms with Gasteiger partial charge >= 0.3 is 6.03 Å². The number of pyridine rings is 1. The number of aromatic nitrogens is 1. The number of amides is 2. The fraction of sp³-hybridized carbons (Fsp3) is 0.536. The summed E-state index contributed by atoms with van der Waals surface area (Å²) in [6, 6.07) is 14.4. The summed E-state index contributed by atoms with van der Waals surface area (Å²) in [4.78, 5) is 22.0. The summed E-state index contributed by atoms with van der Waals surface area (Å²) >= 11 is 12.1. The van der Waals surface area contributed by atoms with Crippen LogP contribution in [-0.2, 0) is 5.41 Å². The number of anilines is 1. The Kier molecular flexibility index (Phi) is 8.14. The lowest BCUT2D eigenvalue weighted by molar-refractivity contribution is 0.120. The molecule has 36 heavy (non-hydrogen) atoms. The maximum atomic E-state index is 13.6. The van der Waals surface area contributed by atoms with Gasteiger partial charge in [0, 0.05) is 36.9 Å². The molecule has 192 valence electrons. The van der Waals surface area contributed by atoms with E-state index in [1.165, 1.54) is 5.56 Å². The molecule has 8 heteroatoms. The molecule has 1 aromatic heterocycles. The third kappa shape index (κ3) is 5.80. The summed E-state index contributed by atoms with van der Waals surface area (Å²) in [6.45, 7) is 10.2. The zero-order valence-corrected chi connectivity index (χ0v) is 23.0. The largest absolute Gasteiger partial charge is 0.322 e. The molecule has 2 amide bonds. The highest BCUT2D eigenvalue weighted by Gasteiger charge is 2.58. The topological polar surface area (TPSA) is 72.3 Å². The van der Waals surface area contributed by atoms with Gasteiger partial charge in [0.1, 0.15) is 10.3 Å². The predicted molar refractivity (Wildman–Crippen MR) is 146 cm³/mol. The van der Waals surface area contributed by atoms with Gasteiger partial charge in [-0.1, -0.05) is 35.3 Å². The molecule has 0 saturated heterocycles. The molecule has 0 aliphatic heterocycles. The van der Waals surface area contributed by atoms with Crippen LogP contribution in [0.4, 0.5) is 10.5 Å². The normalized spacial score (nSPS) is 22.9. The number of nitrogens with one attached hydrogen (secondary N) is 1. The molecular formula is C28H35Cl2N5O. The van der Waals surface area contributed by atoms with Crippen molar-refractivity contribution in [2.45, 2.75) is 76.9 Å². The number of nitriles is 1. The summed E-state index contributed by atoms with van der Waals surface area (Å²) in [7, 11) is 0. The van der Waals surface area contributed by atoms with E-state index in [0.717, 1.165) is 32.2 Å². The zero-order valence-electron chi connectivity index (χ0n) is 21.5. The Balaban J connectivity index is 1.51. The summed E-state index contributed by atoms with van der Waals surface area (Å²) < 4.78 is 0. The Morgan fingerprint density at radius 3 is 2.47 bits per heavy atom. The van der Waals surface area contributed by atoms with Crippen LogP contribution in [0.15, 0.2) is 36.4 Å². The highest BCUT2D eigenvalue weighted by molar-refractivity contribution is 6.32. The van der Waals surface area contributed by atoms with E-state index in [2.05, 4.69) is 55.0 Å². The first-order valence-electron chi connectivity index (χ1n) is 12.8. The van der Waals surface area contributed by atoms with E-state index in [1.54, 1.807) is 12.1 Å². The van der Waals surface area contributed by atoms with Crippen molar-refractivity contribution in [1.29, 1.82) is 5.26 Å². The van der Waals surface area contributed by atoms with E-state index in [1.807, 2.05) is 23.1 Å². The minimum Gasteiger partial charge on any atom is -0.320 e. The number of hydrogen-bond acceptors (Lipinski definition) is 4. The summed E-state index contributed by atoms with van der Waals surface area (Å²) in [5.41, 5.74) is 2.68. The fourth-order valence-corrected chi connectivity index (χ4v) is 6.52. The second-order valence-electron chi connectivity index (χ2n) is 10.7. The minimum atomic E-state index is -0.134. The third-order valence-electron chi connectivity index (χ3n) is 7.92. The molecule has 2 aromatic rings. The molecule has 6 nitrogen and oxygen atoms in total. The van der Waals surface area contributed by atoms with Gasteiger partial charge in [0.2, 0.25) is 0 Å². The van der Waals surface area contributed by atoms with Gasteiger partial charge in [0.05, 0.1) is 11.6 Å². The van der Waals surface area contributed by atoms with Crippen LogP contribution in [0.25, 0.3) is 0 Å². The third-order valence-corrected chi connectivity index (χ3v) is 8.31. The first-order valence-corrected chi connectivity index (χ1v) is 13.6. The van der Waals surface area contributed by atoms with Crippen molar-refractivity contribution in [2.75, 3.05) is 18.4 Å². The number of rotatable bonds is 8. The molecule has 0 bridgehead atoms. The average Bonchev–Trinajstić information content (AvgIpc) is 3.55. The maximum Gasteiger partial charge on any atom is 0.322 e. The summed E-state index contributed by atoms with van der Waals surface area (Å²) in [6.07, 6.45) is 4.03. The Hall–Kier alpha value is -2.33. The highest BCUT2D eigenvalue weighted by Crippen LogP contribution is 2.62. The molecule has 4 rings (SSSR count). The van der Waals surface area contributed by atoms with Crippen molar-refractivity contribution in [3.8, 4) is 6.07 Å². The lowest BCUT2D eigenvalue weighted by Crippen LogP contribution is -2.50. The molecule has 2 aliphatic carbocycles.